The van der Waals surface area contributed by atoms with E-state index < -0.39 is 0 Å². The van der Waals surface area contributed by atoms with Gasteiger partial charge in [0.25, 0.3) is 0 Å². The number of carbonyl (C=O) groups is 1. The van der Waals surface area contributed by atoms with Gasteiger partial charge in [-0.05, 0) is 37.6 Å². The number of carbonyl (C=O) groups excluding carboxylic acids is 1. The van der Waals surface area contributed by atoms with Gasteiger partial charge in [0.15, 0.2) is 0 Å². The summed E-state index contributed by atoms with van der Waals surface area (Å²) in [6.07, 6.45) is 0.973. The minimum Gasteiger partial charge on any atom is -0.301 e. The molecule has 3 nitrogen and oxygen atoms in total. The van der Waals surface area contributed by atoms with E-state index in [1.807, 2.05) is 6.07 Å². The van der Waals surface area contributed by atoms with Crippen molar-refractivity contribution in [3.63, 3.8) is 0 Å². The van der Waals surface area contributed by atoms with Crippen LogP contribution in [0.1, 0.15) is 34.0 Å². The van der Waals surface area contributed by atoms with Gasteiger partial charge in [-0.15, -0.1) is 24.8 Å². The van der Waals surface area contributed by atoms with Crippen LogP contribution in [0.4, 0.5) is 0 Å². The SMILES string of the molecule is CCN1CCN(Cc2cc(C)cc(C=O)c2C)CC1.Cl.Cl. The van der Waals surface area contributed by atoms with Crippen LogP contribution in [-0.2, 0) is 6.54 Å². The molecular formula is C16H26Cl2N2O. The maximum atomic E-state index is 11.1. The fourth-order valence-electron chi connectivity index (χ4n) is 2.75. The van der Waals surface area contributed by atoms with Gasteiger partial charge in [0, 0.05) is 38.3 Å². The number of hydrogen-bond donors (Lipinski definition) is 0. The minimum atomic E-state index is 0. The van der Waals surface area contributed by atoms with Crippen molar-refractivity contribution in [1.82, 2.24) is 9.80 Å². The second-order valence-corrected chi connectivity index (χ2v) is 5.47. The molecule has 1 fully saturated rings. The van der Waals surface area contributed by atoms with Gasteiger partial charge in [-0.2, -0.15) is 0 Å². The first-order chi connectivity index (χ1) is 9.13. The molecule has 0 radical (unpaired) electrons. The van der Waals surface area contributed by atoms with Gasteiger partial charge in [-0.1, -0.05) is 18.6 Å². The Balaban J connectivity index is 0.00000200. The predicted molar refractivity (Wildman–Crippen MR) is 93.2 cm³/mol. The maximum Gasteiger partial charge on any atom is 0.150 e. The number of aryl methyl sites for hydroxylation is 1. The Hall–Kier alpha value is -0.610. The number of aldehydes is 1. The predicted octanol–water partition coefficient (Wildman–Crippen LogP) is 3.10. The normalized spacial score (nSPS) is 16.0. The van der Waals surface area contributed by atoms with Crippen LogP contribution >= 0.6 is 24.8 Å². The number of rotatable bonds is 4. The van der Waals surface area contributed by atoms with Crippen LogP contribution in [-0.4, -0.2) is 48.8 Å². The second-order valence-electron chi connectivity index (χ2n) is 5.47. The Morgan fingerprint density at radius 1 is 1.05 bits per heavy atom. The first-order valence-corrected chi connectivity index (χ1v) is 7.14. The molecular weight excluding hydrogens is 307 g/mol. The van der Waals surface area contributed by atoms with Gasteiger partial charge < -0.3 is 4.90 Å². The molecule has 5 heteroatoms. The molecule has 1 aliphatic heterocycles. The largest absolute Gasteiger partial charge is 0.301 e. The van der Waals surface area contributed by atoms with E-state index >= 15 is 0 Å². The standard InChI is InChI=1S/C16H24N2O.2ClH/c1-4-17-5-7-18(8-6-17)11-15-9-13(2)10-16(12-19)14(15)3;;/h9-10,12H,4-8,11H2,1-3H3;2*1H. The van der Waals surface area contributed by atoms with Crippen LogP contribution in [0.3, 0.4) is 0 Å². The fraction of sp³-hybridized carbons (Fsp3) is 0.562. The van der Waals surface area contributed by atoms with Crippen molar-refractivity contribution in [3.05, 3.63) is 34.4 Å². The molecule has 0 N–H and O–H groups in total. The lowest BCUT2D eigenvalue weighted by molar-refractivity contribution is 0.112. The van der Waals surface area contributed by atoms with Crippen LogP contribution < -0.4 is 0 Å². The summed E-state index contributed by atoms with van der Waals surface area (Å²) in [5, 5.41) is 0. The van der Waals surface area contributed by atoms with Gasteiger partial charge in [-0.25, -0.2) is 0 Å². The minimum absolute atomic E-state index is 0. The molecule has 0 atom stereocenters. The third-order valence-corrected chi connectivity index (χ3v) is 4.13. The fourth-order valence-corrected chi connectivity index (χ4v) is 2.75. The molecule has 0 aromatic heterocycles. The summed E-state index contributed by atoms with van der Waals surface area (Å²) in [7, 11) is 0. The average Bonchev–Trinajstić information content (AvgIpc) is 2.43. The zero-order valence-electron chi connectivity index (χ0n) is 13.1. The van der Waals surface area contributed by atoms with E-state index in [2.05, 4.69) is 36.6 Å². The van der Waals surface area contributed by atoms with Gasteiger partial charge in [-0.3, -0.25) is 9.69 Å². The van der Waals surface area contributed by atoms with Gasteiger partial charge in [0.2, 0.25) is 0 Å². The van der Waals surface area contributed by atoms with Crippen LogP contribution in [0.5, 0.6) is 0 Å². The summed E-state index contributed by atoms with van der Waals surface area (Å²) >= 11 is 0. The first kappa shape index (κ1) is 20.4. The zero-order chi connectivity index (χ0) is 13.8. The molecule has 0 aliphatic carbocycles. The number of hydrogen-bond acceptors (Lipinski definition) is 3. The summed E-state index contributed by atoms with van der Waals surface area (Å²) in [4.78, 5) is 16.1. The van der Waals surface area contributed by atoms with E-state index in [4.69, 9.17) is 0 Å². The topological polar surface area (TPSA) is 23.6 Å². The molecule has 0 unspecified atom stereocenters. The molecule has 2 rings (SSSR count). The van der Waals surface area contributed by atoms with E-state index in [1.165, 1.54) is 11.1 Å². The zero-order valence-corrected chi connectivity index (χ0v) is 14.7. The Bertz CT molecular complexity index is 458. The van der Waals surface area contributed by atoms with Crippen molar-refractivity contribution in [2.75, 3.05) is 32.7 Å². The van der Waals surface area contributed by atoms with E-state index in [-0.39, 0.29) is 24.8 Å². The van der Waals surface area contributed by atoms with Crippen molar-refractivity contribution >= 4 is 31.1 Å². The quantitative estimate of drug-likeness (QED) is 0.791. The molecule has 0 saturated carbocycles. The summed E-state index contributed by atoms with van der Waals surface area (Å²) in [6, 6.07) is 4.19. The van der Waals surface area contributed by atoms with Crippen molar-refractivity contribution < 1.29 is 4.79 Å². The molecule has 0 amide bonds. The molecule has 21 heavy (non-hydrogen) atoms. The summed E-state index contributed by atoms with van der Waals surface area (Å²) in [5.41, 5.74) is 4.45. The summed E-state index contributed by atoms with van der Waals surface area (Å²) in [5.74, 6) is 0. The van der Waals surface area contributed by atoms with Crippen LogP contribution in [0.15, 0.2) is 12.1 Å². The Morgan fingerprint density at radius 2 is 1.62 bits per heavy atom. The third kappa shape index (κ3) is 5.26. The molecule has 0 spiro atoms. The lowest BCUT2D eigenvalue weighted by atomic mass is 9.99. The van der Waals surface area contributed by atoms with Gasteiger partial charge in [0.05, 0.1) is 0 Å². The van der Waals surface area contributed by atoms with Crippen molar-refractivity contribution in [2.45, 2.75) is 27.3 Å². The lowest BCUT2D eigenvalue weighted by Gasteiger charge is -2.34. The molecule has 1 aromatic rings. The van der Waals surface area contributed by atoms with Crippen molar-refractivity contribution in [3.8, 4) is 0 Å². The number of piperazine rings is 1. The molecule has 0 bridgehead atoms. The smallest absolute Gasteiger partial charge is 0.150 e. The molecule has 1 heterocycles. The molecule has 1 saturated heterocycles. The number of benzene rings is 1. The lowest BCUT2D eigenvalue weighted by Crippen LogP contribution is -2.45. The van der Waals surface area contributed by atoms with Gasteiger partial charge in [0.1, 0.15) is 6.29 Å². The Labute approximate surface area is 140 Å². The average molecular weight is 333 g/mol. The van der Waals surface area contributed by atoms with Gasteiger partial charge >= 0.3 is 0 Å². The number of likely N-dealkylation sites (N-methyl/N-ethyl adjacent to an activating group) is 1. The second kappa shape index (κ2) is 9.42. The van der Waals surface area contributed by atoms with Crippen molar-refractivity contribution in [1.29, 1.82) is 0 Å². The number of nitrogens with zero attached hydrogens (tertiary/aromatic N) is 2. The van der Waals surface area contributed by atoms with Crippen LogP contribution in [0.2, 0.25) is 0 Å². The third-order valence-electron chi connectivity index (χ3n) is 4.13. The highest BCUT2D eigenvalue weighted by Crippen LogP contribution is 2.18. The maximum absolute atomic E-state index is 11.1. The number of halogens is 2. The molecule has 1 aromatic carbocycles. The monoisotopic (exact) mass is 332 g/mol. The van der Waals surface area contributed by atoms with E-state index in [1.54, 1.807) is 0 Å². The summed E-state index contributed by atoms with van der Waals surface area (Å²) < 4.78 is 0. The van der Waals surface area contributed by atoms with Crippen molar-refractivity contribution in [2.24, 2.45) is 0 Å². The molecule has 1 aliphatic rings. The van der Waals surface area contributed by atoms with E-state index in [9.17, 15) is 4.79 Å². The van der Waals surface area contributed by atoms with Crippen LogP contribution in [0, 0.1) is 13.8 Å². The van der Waals surface area contributed by atoms with E-state index in [0.717, 1.165) is 56.7 Å². The summed E-state index contributed by atoms with van der Waals surface area (Å²) in [6.45, 7) is 13.0. The Kier molecular flexibility index (Phi) is 9.14. The van der Waals surface area contributed by atoms with Crippen LogP contribution in [0.25, 0.3) is 0 Å². The Morgan fingerprint density at radius 3 is 2.14 bits per heavy atom. The highest BCUT2D eigenvalue weighted by molar-refractivity contribution is 5.85. The first-order valence-electron chi connectivity index (χ1n) is 7.14. The molecule has 120 valence electrons. The van der Waals surface area contributed by atoms with E-state index in [0.29, 0.717) is 0 Å². The highest BCUT2D eigenvalue weighted by Gasteiger charge is 2.16. The highest BCUT2D eigenvalue weighted by atomic mass is 35.5.